The molecule has 0 saturated carbocycles. The summed E-state index contributed by atoms with van der Waals surface area (Å²) in [5.74, 6) is -1.71. The van der Waals surface area contributed by atoms with E-state index >= 15 is 0 Å². The lowest BCUT2D eigenvalue weighted by atomic mass is 10.0. The van der Waals surface area contributed by atoms with Crippen molar-refractivity contribution in [3.8, 4) is 0 Å². The molecule has 3 N–H and O–H groups in total. The van der Waals surface area contributed by atoms with Crippen LogP contribution >= 0.6 is 0 Å². The highest BCUT2D eigenvalue weighted by Crippen LogP contribution is 2.18. The van der Waals surface area contributed by atoms with Crippen LogP contribution in [0.3, 0.4) is 0 Å². The molecule has 1 saturated heterocycles. The van der Waals surface area contributed by atoms with Gasteiger partial charge < -0.3 is 30.1 Å². The van der Waals surface area contributed by atoms with Crippen molar-refractivity contribution in [1.82, 2.24) is 15.5 Å². The number of alkyl carbamates (subject to hydrolysis) is 2. The molecule has 176 valence electrons. The molecule has 1 aromatic carbocycles. The number of nitrogens with one attached hydrogen (secondary N) is 2. The van der Waals surface area contributed by atoms with Crippen LogP contribution in [0, 0.1) is 0 Å². The van der Waals surface area contributed by atoms with Crippen molar-refractivity contribution >= 4 is 24.1 Å². The molecule has 1 aliphatic rings. The lowest BCUT2D eigenvalue weighted by Crippen LogP contribution is -2.58. The van der Waals surface area contributed by atoms with Gasteiger partial charge in [-0.15, -0.1) is 0 Å². The minimum absolute atomic E-state index is 0.00541. The number of benzene rings is 1. The van der Waals surface area contributed by atoms with Gasteiger partial charge in [0.15, 0.2) is 0 Å². The van der Waals surface area contributed by atoms with E-state index in [1.54, 1.807) is 45.0 Å². The minimum atomic E-state index is -1.22. The Morgan fingerprint density at radius 3 is 2.44 bits per heavy atom. The molecule has 0 bridgehead atoms. The van der Waals surface area contributed by atoms with E-state index < -0.39 is 41.7 Å². The van der Waals surface area contributed by atoms with Crippen molar-refractivity contribution in [2.45, 2.75) is 64.3 Å². The van der Waals surface area contributed by atoms with Crippen molar-refractivity contribution < 1.29 is 33.8 Å². The first kappa shape index (κ1) is 25.0. The number of likely N-dealkylation sites (tertiary alicyclic amines) is 1. The third-order valence-electron chi connectivity index (χ3n) is 4.72. The summed E-state index contributed by atoms with van der Waals surface area (Å²) in [5, 5.41) is 14.4. The fourth-order valence-electron chi connectivity index (χ4n) is 3.26. The van der Waals surface area contributed by atoms with Crippen LogP contribution in [0.1, 0.15) is 45.6 Å². The summed E-state index contributed by atoms with van der Waals surface area (Å²) in [6, 6.07) is 6.80. The average molecular weight is 450 g/mol. The van der Waals surface area contributed by atoms with Gasteiger partial charge in [0.2, 0.25) is 5.91 Å². The standard InChI is InChI=1S/C22H31N3O7/c1-22(2,3)32-20(29)23-13-16(18(26)25-12-8-7-11-17(25)19(27)28)24-21(30)31-14-15-9-5-4-6-10-15/h4-6,9-10,16-17H,7-8,11-14H2,1-3H3,(H,23,29)(H,24,30)(H,27,28)/t16-,17?/m0/s1. The Kier molecular flexibility index (Phi) is 8.86. The lowest BCUT2D eigenvalue weighted by Gasteiger charge is -2.35. The van der Waals surface area contributed by atoms with Crippen LogP contribution in [0.15, 0.2) is 30.3 Å². The van der Waals surface area contributed by atoms with Crippen molar-refractivity contribution in [3.05, 3.63) is 35.9 Å². The first-order valence-electron chi connectivity index (χ1n) is 10.5. The number of nitrogens with zero attached hydrogens (tertiary/aromatic N) is 1. The Hall–Kier alpha value is -3.30. The van der Waals surface area contributed by atoms with Gasteiger partial charge in [0, 0.05) is 6.54 Å². The fraction of sp³-hybridized carbons (Fsp3) is 0.545. The van der Waals surface area contributed by atoms with Crippen LogP contribution in [-0.4, -0.2) is 64.8 Å². The molecule has 2 atom stereocenters. The zero-order valence-corrected chi connectivity index (χ0v) is 18.6. The highest BCUT2D eigenvalue weighted by molar-refractivity contribution is 5.90. The van der Waals surface area contributed by atoms with Crippen molar-refractivity contribution in [3.63, 3.8) is 0 Å². The summed E-state index contributed by atoms with van der Waals surface area (Å²) in [5.41, 5.74) is 0.0202. The predicted octanol–water partition coefficient (Wildman–Crippen LogP) is 2.27. The Bertz CT molecular complexity index is 807. The Morgan fingerprint density at radius 2 is 1.81 bits per heavy atom. The first-order valence-corrected chi connectivity index (χ1v) is 10.5. The second-order valence-electron chi connectivity index (χ2n) is 8.52. The number of amides is 3. The molecule has 32 heavy (non-hydrogen) atoms. The molecule has 0 spiro atoms. The van der Waals surface area contributed by atoms with Gasteiger partial charge in [0.25, 0.3) is 0 Å². The first-order chi connectivity index (χ1) is 15.1. The number of rotatable bonds is 7. The summed E-state index contributed by atoms with van der Waals surface area (Å²) >= 11 is 0. The maximum atomic E-state index is 13.1. The summed E-state index contributed by atoms with van der Waals surface area (Å²) in [6.07, 6.45) is 0.0466. The van der Waals surface area contributed by atoms with Crippen LogP contribution in [0.25, 0.3) is 0 Å². The average Bonchev–Trinajstić information content (AvgIpc) is 2.74. The summed E-state index contributed by atoms with van der Waals surface area (Å²) in [7, 11) is 0. The topological polar surface area (TPSA) is 134 Å². The number of ether oxygens (including phenoxy) is 2. The zero-order valence-electron chi connectivity index (χ0n) is 18.6. The summed E-state index contributed by atoms with van der Waals surface area (Å²) in [4.78, 5) is 50.3. The number of carbonyl (C=O) groups is 4. The van der Waals surface area contributed by atoms with E-state index in [1.165, 1.54) is 4.90 Å². The van der Waals surface area contributed by atoms with E-state index in [2.05, 4.69) is 10.6 Å². The monoisotopic (exact) mass is 449 g/mol. The second kappa shape index (κ2) is 11.4. The van der Waals surface area contributed by atoms with Crippen molar-refractivity contribution in [2.24, 2.45) is 0 Å². The zero-order chi connectivity index (χ0) is 23.7. The number of hydrogen-bond acceptors (Lipinski definition) is 6. The number of carboxylic acid groups (broad SMARTS) is 1. The molecule has 0 aliphatic carbocycles. The van der Waals surface area contributed by atoms with Crippen molar-refractivity contribution in [1.29, 1.82) is 0 Å². The van der Waals surface area contributed by atoms with E-state index in [4.69, 9.17) is 9.47 Å². The molecule has 1 aromatic rings. The van der Waals surface area contributed by atoms with E-state index in [9.17, 15) is 24.3 Å². The Morgan fingerprint density at radius 1 is 1.12 bits per heavy atom. The maximum Gasteiger partial charge on any atom is 0.408 e. The van der Waals surface area contributed by atoms with Crippen LogP contribution in [0.4, 0.5) is 9.59 Å². The molecule has 0 aromatic heterocycles. The van der Waals surface area contributed by atoms with Gasteiger partial charge in [-0.1, -0.05) is 30.3 Å². The molecule has 1 aliphatic heterocycles. The van der Waals surface area contributed by atoms with Gasteiger partial charge >= 0.3 is 18.2 Å². The smallest absolute Gasteiger partial charge is 0.408 e. The van der Waals surface area contributed by atoms with Gasteiger partial charge in [0.05, 0.1) is 6.54 Å². The maximum absolute atomic E-state index is 13.1. The van der Waals surface area contributed by atoms with Gasteiger partial charge in [-0.3, -0.25) is 4.79 Å². The van der Waals surface area contributed by atoms with Crippen LogP contribution in [0.2, 0.25) is 0 Å². The molecule has 1 fully saturated rings. The number of aliphatic carboxylic acids is 1. The quantitative estimate of drug-likeness (QED) is 0.581. The number of piperidine rings is 1. The SMILES string of the molecule is CC(C)(C)OC(=O)NC[C@H](NC(=O)OCc1ccccc1)C(=O)N1CCCCC1C(=O)O. The normalized spacial score (nSPS) is 17.1. The third-order valence-corrected chi connectivity index (χ3v) is 4.72. The van der Waals surface area contributed by atoms with Gasteiger partial charge in [-0.25, -0.2) is 14.4 Å². The van der Waals surface area contributed by atoms with E-state index in [1.807, 2.05) is 6.07 Å². The number of carboxylic acids is 1. The minimum Gasteiger partial charge on any atom is -0.480 e. The fourth-order valence-corrected chi connectivity index (χ4v) is 3.26. The predicted molar refractivity (Wildman–Crippen MR) is 115 cm³/mol. The molecule has 1 heterocycles. The van der Waals surface area contributed by atoms with Crippen molar-refractivity contribution in [2.75, 3.05) is 13.1 Å². The van der Waals surface area contributed by atoms with Gasteiger partial charge in [-0.05, 0) is 45.6 Å². The summed E-state index contributed by atoms with van der Waals surface area (Å²) in [6.45, 7) is 5.05. The molecule has 2 rings (SSSR count). The molecule has 10 heteroatoms. The second-order valence-corrected chi connectivity index (χ2v) is 8.52. The molecule has 10 nitrogen and oxygen atoms in total. The highest BCUT2D eigenvalue weighted by Gasteiger charge is 2.36. The largest absolute Gasteiger partial charge is 0.480 e. The summed E-state index contributed by atoms with van der Waals surface area (Å²) < 4.78 is 10.3. The van der Waals surface area contributed by atoms with Gasteiger partial charge in [-0.2, -0.15) is 0 Å². The Balaban J connectivity index is 2.06. The highest BCUT2D eigenvalue weighted by atomic mass is 16.6. The van der Waals surface area contributed by atoms with E-state index in [0.717, 1.165) is 5.56 Å². The van der Waals surface area contributed by atoms with Gasteiger partial charge in [0.1, 0.15) is 24.3 Å². The number of hydrogen-bond donors (Lipinski definition) is 3. The van der Waals surface area contributed by atoms with Crippen LogP contribution in [-0.2, 0) is 25.7 Å². The molecular weight excluding hydrogens is 418 g/mol. The Labute approximate surface area is 187 Å². The molecule has 3 amide bonds. The van der Waals surface area contributed by atoms with Crippen LogP contribution < -0.4 is 10.6 Å². The molecule has 1 unspecified atom stereocenters. The molecular formula is C22H31N3O7. The lowest BCUT2D eigenvalue weighted by molar-refractivity contribution is -0.152. The number of carbonyl (C=O) groups excluding carboxylic acids is 3. The van der Waals surface area contributed by atoms with Crippen LogP contribution in [0.5, 0.6) is 0 Å². The third kappa shape index (κ3) is 8.09. The van der Waals surface area contributed by atoms with E-state index in [0.29, 0.717) is 19.3 Å². The van der Waals surface area contributed by atoms with E-state index in [-0.39, 0.29) is 19.7 Å². The molecule has 0 radical (unpaired) electrons.